The molecule has 94 valence electrons. The number of nitrogens with one attached hydrogen (secondary N) is 1. The van der Waals surface area contributed by atoms with Crippen LogP contribution in [0.2, 0.25) is 0 Å². The van der Waals surface area contributed by atoms with Gasteiger partial charge in [-0.05, 0) is 24.5 Å². The van der Waals surface area contributed by atoms with Crippen LogP contribution in [-0.2, 0) is 6.42 Å². The maximum atomic E-state index is 13.3. The van der Waals surface area contributed by atoms with Crippen LogP contribution in [0.4, 0.5) is 13.2 Å². The second kappa shape index (κ2) is 5.06. The summed E-state index contributed by atoms with van der Waals surface area (Å²) >= 11 is 0. The minimum absolute atomic E-state index is 0.00556. The Morgan fingerprint density at radius 1 is 1.24 bits per heavy atom. The Balaban J connectivity index is 1.94. The molecule has 0 aromatic heterocycles. The summed E-state index contributed by atoms with van der Waals surface area (Å²) in [5, 5.41) is 12.7. The van der Waals surface area contributed by atoms with Gasteiger partial charge in [0, 0.05) is 19.0 Å². The van der Waals surface area contributed by atoms with Gasteiger partial charge in [-0.2, -0.15) is 0 Å². The lowest BCUT2D eigenvalue weighted by Crippen LogP contribution is -2.30. The summed E-state index contributed by atoms with van der Waals surface area (Å²) in [6.45, 7) is 0.336. The van der Waals surface area contributed by atoms with E-state index >= 15 is 0 Å². The highest BCUT2D eigenvalue weighted by atomic mass is 19.2. The zero-order valence-electron chi connectivity index (χ0n) is 9.22. The van der Waals surface area contributed by atoms with Crippen molar-refractivity contribution in [1.82, 2.24) is 5.32 Å². The van der Waals surface area contributed by atoms with E-state index in [0.29, 0.717) is 12.6 Å². The molecule has 1 aromatic carbocycles. The largest absolute Gasteiger partial charge is 0.391 e. The highest BCUT2D eigenvalue weighted by Gasteiger charge is 2.22. The number of hydrogen-bond donors (Lipinski definition) is 2. The molecule has 1 atom stereocenters. The van der Waals surface area contributed by atoms with Gasteiger partial charge in [0.25, 0.3) is 0 Å². The molecule has 0 heterocycles. The van der Waals surface area contributed by atoms with E-state index in [4.69, 9.17) is 0 Å². The third-order valence-electron chi connectivity index (χ3n) is 2.79. The summed E-state index contributed by atoms with van der Waals surface area (Å²) in [4.78, 5) is 0. The molecule has 17 heavy (non-hydrogen) atoms. The number of benzene rings is 1. The SMILES string of the molecule is OC(CNC1CC1)Cc1ccc(F)c(F)c1F. The summed E-state index contributed by atoms with van der Waals surface area (Å²) in [7, 11) is 0. The highest BCUT2D eigenvalue weighted by molar-refractivity contribution is 5.21. The molecule has 1 aliphatic carbocycles. The van der Waals surface area contributed by atoms with Crippen molar-refractivity contribution in [2.45, 2.75) is 31.4 Å². The van der Waals surface area contributed by atoms with Crippen molar-refractivity contribution in [1.29, 1.82) is 0 Å². The van der Waals surface area contributed by atoms with Crippen molar-refractivity contribution in [2.75, 3.05) is 6.54 Å². The monoisotopic (exact) mass is 245 g/mol. The molecule has 2 rings (SSSR count). The number of aliphatic hydroxyl groups is 1. The molecule has 1 saturated carbocycles. The third kappa shape index (κ3) is 3.20. The molecule has 1 aromatic rings. The van der Waals surface area contributed by atoms with Crippen LogP contribution in [0.3, 0.4) is 0 Å². The first kappa shape index (κ1) is 12.4. The van der Waals surface area contributed by atoms with Crippen LogP contribution in [0.1, 0.15) is 18.4 Å². The molecule has 5 heteroatoms. The molecule has 0 spiro atoms. The van der Waals surface area contributed by atoms with E-state index in [2.05, 4.69) is 5.32 Å². The van der Waals surface area contributed by atoms with Gasteiger partial charge in [0.15, 0.2) is 17.5 Å². The van der Waals surface area contributed by atoms with Gasteiger partial charge in [-0.15, -0.1) is 0 Å². The minimum atomic E-state index is -1.48. The predicted octanol–water partition coefficient (Wildman–Crippen LogP) is 1.76. The smallest absolute Gasteiger partial charge is 0.194 e. The molecule has 1 fully saturated rings. The molecule has 1 aliphatic rings. The van der Waals surface area contributed by atoms with E-state index in [1.807, 2.05) is 0 Å². The van der Waals surface area contributed by atoms with Crippen LogP contribution in [0.5, 0.6) is 0 Å². The van der Waals surface area contributed by atoms with E-state index in [1.54, 1.807) is 0 Å². The Morgan fingerprint density at radius 2 is 1.94 bits per heavy atom. The first-order chi connectivity index (χ1) is 8.08. The molecular formula is C12H14F3NO. The standard InChI is InChI=1S/C12H14F3NO/c13-10-4-1-7(11(14)12(10)15)5-9(17)6-16-8-2-3-8/h1,4,8-9,16-17H,2-3,5-6H2. The molecule has 1 unspecified atom stereocenters. The zero-order chi connectivity index (χ0) is 12.4. The van der Waals surface area contributed by atoms with Crippen LogP contribution in [0, 0.1) is 17.5 Å². The quantitative estimate of drug-likeness (QED) is 0.775. The second-order valence-electron chi connectivity index (χ2n) is 4.37. The molecule has 0 aliphatic heterocycles. The van der Waals surface area contributed by atoms with Gasteiger partial charge in [-0.25, -0.2) is 13.2 Å². The Hall–Kier alpha value is -1.07. The van der Waals surface area contributed by atoms with Crippen LogP contribution < -0.4 is 5.32 Å². The van der Waals surface area contributed by atoms with Crippen LogP contribution in [-0.4, -0.2) is 23.8 Å². The number of rotatable bonds is 5. The fourth-order valence-corrected chi connectivity index (χ4v) is 1.64. The highest BCUT2D eigenvalue weighted by Crippen LogP contribution is 2.19. The maximum Gasteiger partial charge on any atom is 0.194 e. The van der Waals surface area contributed by atoms with Crippen molar-refractivity contribution in [3.8, 4) is 0 Å². The summed E-state index contributed by atoms with van der Waals surface area (Å²) in [6, 6.07) is 2.47. The number of hydrogen-bond acceptors (Lipinski definition) is 2. The summed E-state index contributed by atoms with van der Waals surface area (Å²) in [6.07, 6.45) is 1.36. The van der Waals surface area contributed by atoms with Gasteiger partial charge < -0.3 is 10.4 Å². The molecule has 0 radical (unpaired) electrons. The Labute approximate surface area is 97.5 Å². The lowest BCUT2D eigenvalue weighted by atomic mass is 10.1. The Kier molecular flexibility index (Phi) is 3.69. The summed E-state index contributed by atoms with van der Waals surface area (Å²) in [5.74, 6) is -3.91. The normalized spacial score (nSPS) is 17.2. The lowest BCUT2D eigenvalue weighted by Gasteiger charge is -2.12. The van der Waals surface area contributed by atoms with E-state index < -0.39 is 23.6 Å². The van der Waals surface area contributed by atoms with E-state index in [-0.39, 0.29) is 12.0 Å². The molecular weight excluding hydrogens is 231 g/mol. The third-order valence-corrected chi connectivity index (χ3v) is 2.79. The predicted molar refractivity (Wildman–Crippen MR) is 57.1 cm³/mol. The maximum absolute atomic E-state index is 13.3. The molecule has 2 nitrogen and oxygen atoms in total. The van der Waals surface area contributed by atoms with Crippen molar-refractivity contribution >= 4 is 0 Å². The van der Waals surface area contributed by atoms with Crippen molar-refractivity contribution in [3.63, 3.8) is 0 Å². The molecule has 0 bridgehead atoms. The number of aliphatic hydroxyl groups excluding tert-OH is 1. The Bertz CT molecular complexity index is 407. The molecule has 0 saturated heterocycles. The molecule has 0 amide bonds. The summed E-state index contributed by atoms with van der Waals surface area (Å²) < 4.78 is 38.9. The van der Waals surface area contributed by atoms with Gasteiger partial charge in [-0.1, -0.05) is 6.07 Å². The average Bonchev–Trinajstić information content (AvgIpc) is 3.11. The number of halogens is 3. The van der Waals surface area contributed by atoms with E-state index in [9.17, 15) is 18.3 Å². The van der Waals surface area contributed by atoms with Gasteiger partial charge in [0.1, 0.15) is 0 Å². The summed E-state index contributed by atoms with van der Waals surface area (Å²) in [5.41, 5.74) is -0.00556. The van der Waals surface area contributed by atoms with Gasteiger partial charge in [-0.3, -0.25) is 0 Å². The van der Waals surface area contributed by atoms with Crippen molar-refractivity contribution in [3.05, 3.63) is 35.1 Å². The minimum Gasteiger partial charge on any atom is -0.391 e. The average molecular weight is 245 g/mol. The Morgan fingerprint density at radius 3 is 2.59 bits per heavy atom. The van der Waals surface area contributed by atoms with Gasteiger partial charge in [0.2, 0.25) is 0 Å². The van der Waals surface area contributed by atoms with Crippen molar-refractivity contribution < 1.29 is 18.3 Å². The fourth-order valence-electron chi connectivity index (χ4n) is 1.64. The van der Waals surface area contributed by atoms with E-state index in [1.165, 1.54) is 0 Å². The van der Waals surface area contributed by atoms with Crippen molar-refractivity contribution in [2.24, 2.45) is 0 Å². The first-order valence-corrected chi connectivity index (χ1v) is 5.61. The van der Waals surface area contributed by atoms with Crippen LogP contribution in [0.25, 0.3) is 0 Å². The first-order valence-electron chi connectivity index (χ1n) is 5.61. The van der Waals surface area contributed by atoms with E-state index in [0.717, 1.165) is 25.0 Å². The lowest BCUT2D eigenvalue weighted by molar-refractivity contribution is 0.170. The second-order valence-corrected chi connectivity index (χ2v) is 4.37. The zero-order valence-corrected chi connectivity index (χ0v) is 9.22. The topological polar surface area (TPSA) is 32.3 Å². The fraction of sp³-hybridized carbons (Fsp3) is 0.500. The van der Waals surface area contributed by atoms with Crippen LogP contribution in [0.15, 0.2) is 12.1 Å². The van der Waals surface area contributed by atoms with Gasteiger partial charge >= 0.3 is 0 Å². The van der Waals surface area contributed by atoms with Gasteiger partial charge in [0.05, 0.1) is 6.10 Å². The van der Waals surface area contributed by atoms with Crippen LogP contribution >= 0.6 is 0 Å². The molecule has 2 N–H and O–H groups in total.